The lowest BCUT2D eigenvalue weighted by molar-refractivity contribution is 0.141. The molecule has 3 N–H and O–H groups in total. The largest absolute Gasteiger partial charge is 0.389 e. The van der Waals surface area contributed by atoms with E-state index in [1.807, 2.05) is 32.0 Å². The predicted molar refractivity (Wildman–Crippen MR) is 76.6 cm³/mol. The number of anilines is 1. The third kappa shape index (κ3) is 4.32. The number of rotatable bonds is 6. The molecule has 0 aliphatic heterocycles. The highest BCUT2D eigenvalue weighted by Gasteiger charge is 2.08. The van der Waals surface area contributed by atoms with E-state index in [0.717, 1.165) is 23.4 Å². The van der Waals surface area contributed by atoms with E-state index >= 15 is 0 Å². The first-order chi connectivity index (χ1) is 8.04. The summed E-state index contributed by atoms with van der Waals surface area (Å²) in [5.41, 5.74) is 8.73. The number of hydrogen-bond acceptors (Lipinski definition) is 3. The van der Waals surface area contributed by atoms with Crippen LogP contribution in [0.2, 0.25) is 0 Å². The summed E-state index contributed by atoms with van der Waals surface area (Å²) < 4.78 is 5.36. The summed E-state index contributed by atoms with van der Waals surface area (Å²) in [7, 11) is 0. The molecule has 0 bridgehead atoms. The predicted octanol–water partition coefficient (Wildman–Crippen LogP) is 2.47. The zero-order valence-corrected chi connectivity index (χ0v) is 11.4. The van der Waals surface area contributed by atoms with Crippen LogP contribution >= 0.6 is 12.2 Å². The van der Waals surface area contributed by atoms with E-state index in [1.54, 1.807) is 0 Å². The van der Waals surface area contributed by atoms with Crippen molar-refractivity contribution < 1.29 is 4.74 Å². The number of thiocarbonyl (C=S) groups is 1. The van der Waals surface area contributed by atoms with E-state index in [0.29, 0.717) is 11.6 Å². The first kappa shape index (κ1) is 13.9. The quantitative estimate of drug-likeness (QED) is 0.764. The van der Waals surface area contributed by atoms with E-state index < -0.39 is 0 Å². The van der Waals surface area contributed by atoms with Gasteiger partial charge in [-0.25, -0.2) is 0 Å². The Balaban J connectivity index is 2.79. The van der Waals surface area contributed by atoms with Crippen LogP contribution in [0.3, 0.4) is 0 Å². The van der Waals surface area contributed by atoms with Crippen LogP contribution in [-0.4, -0.2) is 24.2 Å². The molecule has 0 saturated heterocycles. The second-order valence-electron chi connectivity index (χ2n) is 4.12. The summed E-state index contributed by atoms with van der Waals surface area (Å²) >= 11 is 5.06. The van der Waals surface area contributed by atoms with E-state index in [4.69, 9.17) is 22.7 Å². The molecule has 0 heterocycles. The topological polar surface area (TPSA) is 47.3 Å². The number of benzene rings is 1. The number of nitrogens with two attached hydrogens (primary N) is 1. The van der Waals surface area contributed by atoms with Crippen molar-refractivity contribution in [3.63, 3.8) is 0 Å². The number of nitrogens with one attached hydrogen (secondary N) is 1. The van der Waals surface area contributed by atoms with E-state index in [-0.39, 0.29) is 6.04 Å². The fourth-order valence-corrected chi connectivity index (χ4v) is 1.76. The molecule has 1 atom stereocenters. The van der Waals surface area contributed by atoms with Gasteiger partial charge < -0.3 is 15.8 Å². The van der Waals surface area contributed by atoms with Crippen LogP contribution in [0.5, 0.6) is 0 Å². The SMILES string of the molecule is CCOCC(C)Nc1ccc(C)cc1C(N)=S. The van der Waals surface area contributed by atoms with Crippen LogP contribution in [0.15, 0.2) is 18.2 Å². The molecule has 4 heteroatoms. The molecule has 1 rings (SSSR count). The Hall–Kier alpha value is -1.13. The molecule has 17 heavy (non-hydrogen) atoms. The van der Waals surface area contributed by atoms with Crippen LogP contribution in [-0.2, 0) is 4.74 Å². The molecule has 0 saturated carbocycles. The lowest BCUT2D eigenvalue weighted by atomic mass is 10.1. The Morgan fingerprint density at radius 1 is 1.53 bits per heavy atom. The summed E-state index contributed by atoms with van der Waals surface area (Å²) in [6.07, 6.45) is 0. The van der Waals surface area contributed by atoms with Crippen molar-refractivity contribution in [2.24, 2.45) is 5.73 Å². The first-order valence-corrected chi connectivity index (χ1v) is 6.20. The maximum absolute atomic E-state index is 5.72. The summed E-state index contributed by atoms with van der Waals surface area (Å²) in [5.74, 6) is 0. The Kier molecular flexibility index (Phi) is 5.38. The number of hydrogen-bond donors (Lipinski definition) is 2. The van der Waals surface area contributed by atoms with Gasteiger partial charge in [0.05, 0.1) is 6.61 Å². The van der Waals surface area contributed by atoms with Gasteiger partial charge in [0, 0.05) is 23.9 Å². The Morgan fingerprint density at radius 2 is 2.24 bits per heavy atom. The molecule has 3 nitrogen and oxygen atoms in total. The van der Waals surface area contributed by atoms with Crippen LogP contribution < -0.4 is 11.1 Å². The lowest BCUT2D eigenvalue weighted by Gasteiger charge is -2.18. The molecule has 0 aromatic heterocycles. The number of ether oxygens (including phenoxy) is 1. The maximum Gasteiger partial charge on any atom is 0.106 e. The average molecular weight is 252 g/mol. The molecule has 0 fully saturated rings. The Bertz CT molecular complexity index is 393. The highest BCUT2D eigenvalue weighted by molar-refractivity contribution is 7.80. The van der Waals surface area contributed by atoms with Gasteiger partial charge in [0.1, 0.15) is 4.99 Å². The molecule has 0 amide bonds. The molecule has 0 spiro atoms. The minimum atomic E-state index is 0.228. The molecule has 1 unspecified atom stereocenters. The van der Waals surface area contributed by atoms with Crippen molar-refractivity contribution >= 4 is 22.9 Å². The van der Waals surface area contributed by atoms with Gasteiger partial charge in [0.15, 0.2) is 0 Å². The van der Waals surface area contributed by atoms with Crippen molar-refractivity contribution in [3.8, 4) is 0 Å². The minimum absolute atomic E-state index is 0.228. The molecular weight excluding hydrogens is 232 g/mol. The normalized spacial score (nSPS) is 12.2. The summed E-state index contributed by atoms with van der Waals surface area (Å²) in [4.78, 5) is 0.416. The third-order valence-electron chi connectivity index (χ3n) is 2.41. The van der Waals surface area contributed by atoms with Crippen LogP contribution in [0.4, 0.5) is 5.69 Å². The molecule has 0 aliphatic rings. The third-order valence-corrected chi connectivity index (χ3v) is 2.63. The zero-order chi connectivity index (χ0) is 12.8. The van der Waals surface area contributed by atoms with Gasteiger partial charge >= 0.3 is 0 Å². The zero-order valence-electron chi connectivity index (χ0n) is 10.6. The average Bonchev–Trinajstić information content (AvgIpc) is 2.28. The second-order valence-corrected chi connectivity index (χ2v) is 4.56. The van der Waals surface area contributed by atoms with Crippen molar-refractivity contribution in [3.05, 3.63) is 29.3 Å². The van der Waals surface area contributed by atoms with Gasteiger partial charge in [-0.15, -0.1) is 0 Å². The fraction of sp³-hybridized carbons (Fsp3) is 0.462. The number of aryl methyl sites for hydroxylation is 1. The molecule has 1 aromatic carbocycles. The van der Waals surface area contributed by atoms with Crippen LogP contribution in [0, 0.1) is 6.92 Å². The van der Waals surface area contributed by atoms with Gasteiger partial charge in [-0.2, -0.15) is 0 Å². The van der Waals surface area contributed by atoms with Crippen molar-refractivity contribution in [1.82, 2.24) is 0 Å². The summed E-state index contributed by atoms with van der Waals surface area (Å²) in [6.45, 7) is 7.47. The molecule has 1 aromatic rings. The van der Waals surface area contributed by atoms with Crippen molar-refractivity contribution in [1.29, 1.82) is 0 Å². The van der Waals surface area contributed by atoms with Crippen molar-refractivity contribution in [2.45, 2.75) is 26.8 Å². The molecule has 94 valence electrons. The second kappa shape index (κ2) is 6.57. The van der Waals surface area contributed by atoms with Gasteiger partial charge in [-0.05, 0) is 32.9 Å². The maximum atomic E-state index is 5.72. The van der Waals surface area contributed by atoms with Gasteiger partial charge in [-0.3, -0.25) is 0 Å². The Labute approximate surface area is 108 Å². The van der Waals surface area contributed by atoms with Crippen LogP contribution in [0.25, 0.3) is 0 Å². The highest BCUT2D eigenvalue weighted by atomic mass is 32.1. The molecule has 0 radical (unpaired) electrons. The summed E-state index contributed by atoms with van der Waals surface area (Å²) in [6, 6.07) is 6.27. The van der Waals surface area contributed by atoms with Crippen molar-refractivity contribution in [2.75, 3.05) is 18.5 Å². The Morgan fingerprint density at radius 3 is 2.82 bits per heavy atom. The first-order valence-electron chi connectivity index (χ1n) is 5.79. The van der Waals surface area contributed by atoms with E-state index in [9.17, 15) is 0 Å². The minimum Gasteiger partial charge on any atom is -0.389 e. The molecular formula is C13H20N2OS. The smallest absolute Gasteiger partial charge is 0.106 e. The van der Waals surface area contributed by atoms with E-state index in [1.165, 1.54) is 0 Å². The van der Waals surface area contributed by atoms with Gasteiger partial charge in [-0.1, -0.05) is 23.8 Å². The fourth-order valence-electron chi connectivity index (χ4n) is 1.59. The van der Waals surface area contributed by atoms with Crippen LogP contribution in [0.1, 0.15) is 25.0 Å². The van der Waals surface area contributed by atoms with Gasteiger partial charge in [0.2, 0.25) is 0 Å². The molecule has 0 aliphatic carbocycles. The monoisotopic (exact) mass is 252 g/mol. The van der Waals surface area contributed by atoms with Gasteiger partial charge in [0.25, 0.3) is 0 Å². The lowest BCUT2D eigenvalue weighted by Crippen LogP contribution is -2.24. The standard InChI is InChI=1S/C13H20N2OS/c1-4-16-8-10(3)15-12-6-5-9(2)7-11(12)13(14)17/h5-7,10,15H,4,8H2,1-3H3,(H2,14,17). The highest BCUT2D eigenvalue weighted by Crippen LogP contribution is 2.18. The summed E-state index contributed by atoms with van der Waals surface area (Å²) in [5, 5.41) is 3.36. The van der Waals surface area contributed by atoms with E-state index in [2.05, 4.69) is 12.2 Å².